The van der Waals surface area contributed by atoms with Crippen molar-refractivity contribution in [2.24, 2.45) is 18.7 Å². The van der Waals surface area contributed by atoms with Crippen molar-refractivity contribution in [1.82, 2.24) is 14.8 Å². The third kappa shape index (κ3) is 2.51. The Morgan fingerprint density at radius 1 is 1.41 bits per heavy atom. The molecule has 0 radical (unpaired) electrons. The Labute approximate surface area is 104 Å². The summed E-state index contributed by atoms with van der Waals surface area (Å²) in [5.41, 5.74) is 6.28. The molecule has 4 nitrogen and oxygen atoms in total. The second kappa shape index (κ2) is 4.77. The number of nitrogens with two attached hydrogens (primary N) is 1. The SMILES string of the molecule is CCCc1nc(C2(N)CCC(C)CC2)n(C)n1. The fourth-order valence-electron chi connectivity index (χ4n) is 2.70. The Hall–Kier alpha value is -0.900. The van der Waals surface area contributed by atoms with Crippen molar-refractivity contribution >= 4 is 0 Å². The van der Waals surface area contributed by atoms with Gasteiger partial charge in [-0.15, -0.1) is 0 Å². The highest BCUT2D eigenvalue weighted by Crippen LogP contribution is 2.36. The molecule has 1 aliphatic rings. The van der Waals surface area contributed by atoms with Crippen LogP contribution in [0.2, 0.25) is 0 Å². The Balaban J connectivity index is 2.20. The maximum Gasteiger partial charge on any atom is 0.151 e. The van der Waals surface area contributed by atoms with Gasteiger partial charge in [-0.1, -0.05) is 13.8 Å². The van der Waals surface area contributed by atoms with Crippen LogP contribution in [0.25, 0.3) is 0 Å². The molecule has 1 fully saturated rings. The maximum atomic E-state index is 6.53. The Morgan fingerprint density at radius 3 is 2.65 bits per heavy atom. The van der Waals surface area contributed by atoms with E-state index in [9.17, 15) is 0 Å². The second-order valence-electron chi connectivity index (χ2n) is 5.56. The van der Waals surface area contributed by atoms with Crippen LogP contribution in [0.5, 0.6) is 0 Å². The Morgan fingerprint density at radius 2 is 2.06 bits per heavy atom. The van der Waals surface area contributed by atoms with Crippen LogP contribution < -0.4 is 5.73 Å². The van der Waals surface area contributed by atoms with E-state index in [0.717, 1.165) is 43.3 Å². The summed E-state index contributed by atoms with van der Waals surface area (Å²) in [6.07, 6.45) is 6.50. The zero-order valence-electron chi connectivity index (χ0n) is 11.2. The number of rotatable bonds is 3. The molecule has 0 aromatic carbocycles. The zero-order chi connectivity index (χ0) is 12.5. The molecule has 0 spiro atoms. The minimum Gasteiger partial charge on any atom is -0.319 e. The molecule has 2 N–H and O–H groups in total. The number of hydrogen-bond donors (Lipinski definition) is 1. The molecule has 1 aromatic heterocycles. The zero-order valence-corrected chi connectivity index (χ0v) is 11.2. The topological polar surface area (TPSA) is 56.7 Å². The molecule has 0 aliphatic heterocycles. The lowest BCUT2D eigenvalue weighted by atomic mass is 9.77. The molecule has 17 heavy (non-hydrogen) atoms. The number of aromatic nitrogens is 3. The molecule has 0 atom stereocenters. The summed E-state index contributed by atoms with van der Waals surface area (Å²) >= 11 is 0. The van der Waals surface area contributed by atoms with Crippen molar-refractivity contribution in [2.75, 3.05) is 0 Å². The first-order valence-corrected chi connectivity index (χ1v) is 6.74. The summed E-state index contributed by atoms with van der Waals surface area (Å²) in [6.45, 7) is 4.45. The summed E-state index contributed by atoms with van der Waals surface area (Å²) in [6, 6.07) is 0. The maximum absolute atomic E-state index is 6.53. The molecular weight excluding hydrogens is 212 g/mol. The van der Waals surface area contributed by atoms with Crippen LogP contribution in [0.15, 0.2) is 0 Å². The van der Waals surface area contributed by atoms with Crippen LogP contribution in [-0.4, -0.2) is 14.8 Å². The predicted octanol–water partition coefficient (Wildman–Crippen LogP) is 2.13. The quantitative estimate of drug-likeness (QED) is 0.874. The van der Waals surface area contributed by atoms with Crippen LogP contribution >= 0.6 is 0 Å². The molecule has 0 unspecified atom stereocenters. The van der Waals surface area contributed by atoms with E-state index < -0.39 is 0 Å². The van der Waals surface area contributed by atoms with Crippen LogP contribution in [0, 0.1) is 5.92 Å². The van der Waals surface area contributed by atoms with Crippen LogP contribution in [0.4, 0.5) is 0 Å². The molecule has 0 amide bonds. The summed E-state index contributed by atoms with van der Waals surface area (Å²) in [5.74, 6) is 2.72. The monoisotopic (exact) mass is 236 g/mol. The van der Waals surface area contributed by atoms with Crippen LogP contribution in [-0.2, 0) is 19.0 Å². The van der Waals surface area contributed by atoms with Crippen molar-refractivity contribution in [3.05, 3.63) is 11.6 Å². The number of hydrogen-bond acceptors (Lipinski definition) is 3. The lowest BCUT2D eigenvalue weighted by Gasteiger charge is -2.34. The van der Waals surface area contributed by atoms with E-state index in [4.69, 9.17) is 5.73 Å². The van der Waals surface area contributed by atoms with Gasteiger partial charge < -0.3 is 5.73 Å². The van der Waals surface area contributed by atoms with E-state index in [1.807, 2.05) is 11.7 Å². The molecule has 1 aliphatic carbocycles. The fourth-order valence-corrected chi connectivity index (χ4v) is 2.70. The minimum atomic E-state index is -0.250. The van der Waals surface area contributed by atoms with Gasteiger partial charge in [0, 0.05) is 13.5 Å². The van der Waals surface area contributed by atoms with E-state index in [1.165, 1.54) is 12.8 Å². The first kappa shape index (κ1) is 12.6. The lowest BCUT2D eigenvalue weighted by Crippen LogP contribution is -2.42. The highest BCUT2D eigenvalue weighted by Gasteiger charge is 2.36. The van der Waals surface area contributed by atoms with Gasteiger partial charge in [-0.2, -0.15) is 5.10 Å². The smallest absolute Gasteiger partial charge is 0.151 e. The van der Waals surface area contributed by atoms with Crippen molar-refractivity contribution < 1.29 is 0 Å². The van der Waals surface area contributed by atoms with E-state index in [-0.39, 0.29) is 5.54 Å². The first-order chi connectivity index (χ1) is 8.05. The molecule has 2 rings (SSSR count). The first-order valence-electron chi connectivity index (χ1n) is 6.74. The largest absolute Gasteiger partial charge is 0.319 e. The van der Waals surface area contributed by atoms with Crippen molar-refractivity contribution in [3.63, 3.8) is 0 Å². The average molecular weight is 236 g/mol. The lowest BCUT2D eigenvalue weighted by molar-refractivity contribution is 0.231. The van der Waals surface area contributed by atoms with Gasteiger partial charge in [-0.25, -0.2) is 4.98 Å². The van der Waals surface area contributed by atoms with Crippen molar-refractivity contribution in [3.8, 4) is 0 Å². The molecule has 1 aromatic rings. The van der Waals surface area contributed by atoms with Gasteiger partial charge in [0.1, 0.15) is 5.82 Å². The van der Waals surface area contributed by atoms with E-state index >= 15 is 0 Å². The predicted molar refractivity (Wildman–Crippen MR) is 68.5 cm³/mol. The highest BCUT2D eigenvalue weighted by molar-refractivity contribution is 5.09. The average Bonchev–Trinajstić information content (AvgIpc) is 2.66. The molecule has 4 heteroatoms. The third-order valence-corrected chi connectivity index (χ3v) is 3.89. The van der Waals surface area contributed by atoms with Crippen molar-refractivity contribution in [2.45, 2.75) is 57.9 Å². The van der Waals surface area contributed by atoms with E-state index in [0.29, 0.717) is 0 Å². The summed E-state index contributed by atoms with van der Waals surface area (Å²) < 4.78 is 1.89. The van der Waals surface area contributed by atoms with Gasteiger partial charge in [0.25, 0.3) is 0 Å². The van der Waals surface area contributed by atoms with Gasteiger partial charge in [-0.05, 0) is 38.0 Å². The Kier molecular flexibility index (Phi) is 3.52. The van der Waals surface area contributed by atoms with Gasteiger partial charge in [0.05, 0.1) is 5.54 Å². The van der Waals surface area contributed by atoms with Gasteiger partial charge in [0.15, 0.2) is 5.82 Å². The van der Waals surface area contributed by atoms with Gasteiger partial charge in [-0.3, -0.25) is 4.68 Å². The number of aryl methyl sites for hydroxylation is 2. The third-order valence-electron chi connectivity index (χ3n) is 3.89. The van der Waals surface area contributed by atoms with Gasteiger partial charge in [0.2, 0.25) is 0 Å². The molecule has 0 saturated heterocycles. The van der Waals surface area contributed by atoms with Crippen LogP contribution in [0.1, 0.15) is 57.6 Å². The summed E-state index contributed by atoms with van der Waals surface area (Å²) in [5, 5.41) is 4.47. The standard InChI is InChI=1S/C13H24N4/c1-4-5-11-15-12(17(3)16-11)13(14)8-6-10(2)7-9-13/h10H,4-9,14H2,1-3H3. The fraction of sp³-hybridized carbons (Fsp3) is 0.846. The second-order valence-corrected chi connectivity index (χ2v) is 5.56. The molecule has 1 heterocycles. The molecule has 96 valence electrons. The minimum absolute atomic E-state index is 0.250. The number of nitrogens with zero attached hydrogens (tertiary/aromatic N) is 3. The van der Waals surface area contributed by atoms with Gasteiger partial charge >= 0.3 is 0 Å². The summed E-state index contributed by atoms with van der Waals surface area (Å²) in [7, 11) is 1.97. The summed E-state index contributed by atoms with van der Waals surface area (Å²) in [4.78, 5) is 4.65. The van der Waals surface area contributed by atoms with Crippen LogP contribution in [0.3, 0.4) is 0 Å². The molecular formula is C13H24N4. The molecule has 1 saturated carbocycles. The highest BCUT2D eigenvalue weighted by atomic mass is 15.3. The molecule has 0 bridgehead atoms. The normalized spacial score (nSPS) is 29.5. The van der Waals surface area contributed by atoms with Crippen molar-refractivity contribution in [1.29, 1.82) is 0 Å². The van der Waals surface area contributed by atoms with E-state index in [1.54, 1.807) is 0 Å². The Bertz CT molecular complexity index is 375. The van der Waals surface area contributed by atoms with E-state index in [2.05, 4.69) is 23.9 Å².